The Morgan fingerprint density at radius 3 is 2.65 bits per heavy atom. The maximum Gasteiger partial charge on any atom is 0.411 e. The lowest BCUT2D eigenvalue weighted by molar-refractivity contribution is -0.156. The number of aliphatic hydroxyl groups excluding tert-OH is 1. The smallest absolute Gasteiger partial charge is 0.411 e. The molecule has 144 valence electrons. The van der Waals surface area contributed by atoms with Crippen LogP contribution < -0.4 is 0 Å². The first-order valence-electron chi connectivity index (χ1n) is 8.03. The largest absolute Gasteiger partial charge is 0.444 e. The molecular weight excluding hydrogens is 370 g/mol. The molecule has 2 rings (SSSR count). The fourth-order valence-corrected chi connectivity index (χ4v) is 2.81. The molecule has 26 heavy (non-hydrogen) atoms. The first-order chi connectivity index (χ1) is 12.0. The normalized spacial score (nSPS) is 23.0. The van der Waals surface area contributed by atoms with Crippen LogP contribution in [0.3, 0.4) is 0 Å². The number of alkyl halides is 1. The number of benzene rings is 1. The van der Waals surface area contributed by atoms with E-state index < -0.39 is 49.0 Å². The summed E-state index contributed by atoms with van der Waals surface area (Å²) in [6.45, 7) is 3.78. The molecule has 1 heterocycles. The number of hydrogen-bond donors (Lipinski definition) is 1. The van der Waals surface area contributed by atoms with Crippen LogP contribution in [0.5, 0.6) is 0 Å². The predicted octanol–water partition coefficient (Wildman–Crippen LogP) is 2.87. The van der Waals surface area contributed by atoms with Gasteiger partial charge in [-0.25, -0.2) is 9.18 Å². The van der Waals surface area contributed by atoms with Gasteiger partial charge in [-0.1, -0.05) is 28.2 Å². The Labute approximate surface area is 155 Å². The molecule has 0 aromatic heterocycles. The van der Waals surface area contributed by atoms with Crippen molar-refractivity contribution in [3.63, 3.8) is 0 Å². The molecule has 0 bridgehead atoms. The third kappa shape index (κ3) is 4.82. The third-order valence-corrected chi connectivity index (χ3v) is 3.97. The quantitative estimate of drug-likeness (QED) is 0.806. The highest BCUT2D eigenvalue weighted by Crippen LogP contribution is 2.26. The molecule has 2 amide bonds. The van der Waals surface area contributed by atoms with Gasteiger partial charge in [0.2, 0.25) is 0 Å². The van der Waals surface area contributed by atoms with E-state index in [9.17, 15) is 23.6 Å². The van der Waals surface area contributed by atoms with Crippen molar-refractivity contribution < 1.29 is 28.3 Å². The SMILES string of the molecule is CC(C)(C)OC(=O)N1C[C@H](F)[C@@H](O)[C@H]1C(=O)N(F)Cc1cccc(Cl)c1. The molecule has 6 nitrogen and oxygen atoms in total. The van der Waals surface area contributed by atoms with E-state index in [1.165, 1.54) is 6.07 Å². The molecule has 1 saturated heterocycles. The van der Waals surface area contributed by atoms with Crippen LogP contribution in [0.25, 0.3) is 0 Å². The Bertz CT molecular complexity index is 683. The molecule has 0 radical (unpaired) electrons. The maximum absolute atomic E-state index is 14.4. The summed E-state index contributed by atoms with van der Waals surface area (Å²) in [6, 6.07) is 4.50. The van der Waals surface area contributed by atoms with Crippen LogP contribution in [0.4, 0.5) is 13.7 Å². The van der Waals surface area contributed by atoms with Crippen molar-refractivity contribution in [1.29, 1.82) is 0 Å². The van der Waals surface area contributed by atoms with Crippen LogP contribution in [-0.2, 0) is 16.1 Å². The molecule has 0 aliphatic carbocycles. The minimum atomic E-state index is -1.88. The summed E-state index contributed by atoms with van der Waals surface area (Å²) in [5, 5.41) is 10.1. The standard InChI is InChI=1S/C17H21ClF2N2O4/c1-17(2,3)26-16(25)21-9-12(19)14(23)13(21)15(24)22(20)8-10-5-4-6-11(18)7-10/h4-7,12-14,23H,8-9H2,1-3H3/t12-,13-,14+/m0/s1. The Kier molecular flexibility index (Phi) is 6.08. The molecule has 1 aromatic carbocycles. The second kappa shape index (κ2) is 7.75. The van der Waals surface area contributed by atoms with E-state index in [2.05, 4.69) is 0 Å². The average Bonchev–Trinajstić information content (AvgIpc) is 2.80. The molecule has 1 aliphatic heterocycles. The van der Waals surface area contributed by atoms with Crippen LogP contribution in [0, 0.1) is 0 Å². The summed E-state index contributed by atoms with van der Waals surface area (Å²) < 4.78 is 33.4. The van der Waals surface area contributed by atoms with E-state index in [0.717, 1.165) is 0 Å². The number of likely N-dealkylation sites (tertiary alicyclic amines) is 1. The van der Waals surface area contributed by atoms with Gasteiger partial charge in [0.1, 0.15) is 23.9 Å². The molecule has 0 saturated carbocycles. The van der Waals surface area contributed by atoms with E-state index in [1.807, 2.05) is 0 Å². The summed E-state index contributed by atoms with van der Waals surface area (Å²) in [6.07, 6.45) is -4.71. The highest BCUT2D eigenvalue weighted by Gasteiger charge is 2.50. The molecule has 1 fully saturated rings. The highest BCUT2D eigenvalue weighted by molar-refractivity contribution is 6.30. The Balaban J connectivity index is 2.16. The summed E-state index contributed by atoms with van der Waals surface area (Å²) in [7, 11) is 0. The van der Waals surface area contributed by atoms with Gasteiger partial charge in [-0.3, -0.25) is 9.69 Å². The minimum absolute atomic E-state index is 0.172. The number of amides is 2. The fraction of sp³-hybridized carbons (Fsp3) is 0.529. The van der Waals surface area contributed by atoms with Crippen molar-refractivity contribution in [3.8, 4) is 0 Å². The first-order valence-corrected chi connectivity index (χ1v) is 8.41. The van der Waals surface area contributed by atoms with Gasteiger partial charge in [-0.15, -0.1) is 0 Å². The zero-order valence-corrected chi connectivity index (χ0v) is 15.4. The van der Waals surface area contributed by atoms with Gasteiger partial charge >= 0.3 is 6.09 Å². The average molecular weight is 391 g/mol. The molecule has 9 heteroatoms. The summed E-state index contributed by atoms with van der Waals surface area (Å²) in [5.74, 6) is -1.23. The molecule has 1 aromatic rings. The number of carbonyl (C=O) groups excluding carboxylic acids is 2. The Hall–Kier alpha value is -1.93. The van der Waals surface area contributed by atoms with E-state index >= 15 is 0 Å². The van der Waals surface area contributed by atoms with Gasteiger partial charge in [0.15, 0.2) is 0 Å². The van der Waals surface area contributed by atoms with Gasteiger partial charge in [0.05, 0.1) is 13.1 Å². The molecular formula is C17H21ClF2N2O4. The zero-order valence-electron chi connectivity index (χ0n) is 14.7. The van der Waals surface area contributed by atoms with Crippen molar-refractivity contribution in [3.05, 3.63) is 34.9 Å². The van der Waals surface area contributed by atoms with Gasteiger partial charge < -0.3 is 9.84 Å². The molecule has 1 N–H and O–H groups in total. The zero-order chi connectivity index (χ0) is 19.6. The van der Waals surface area contributed by atoms with Gasteiger partial charge in [0, 0.05) is 5.02 Å². The lowest BCUT2D eigenvalue weighted by atomic mass is 10.1. The van der Waals surface area contributed by atoms with Gasteiger partial charge in [-0.05, 0) is 38.5 Å². The van der Waals surface area contributed by atoms with Crippen LogP contribution in [0.2, 0.25) is 5.02 Å². The van der Waals surface area contributed by atoms with Crippen LogP contribution in [0.1, 0.15) is 26.3 Å². The van der Waals surface area contributed by atoms with Crippen LogP contribution >= 0.6 is 11.6 Å². The number of halogens is 3. The van der Waals surface area contributed by atoms with Crippen molar-refractivity contribution >= 4 is 23.6 Å². The number of rotatable bonds is 3. The summed E-state index contributed by atoms with van der Waals surface area (Å²) in [4.78, 5) is 25.3. The molecule has 0 spiro atoms. The van der Waals surface area contributed by atoms with E-state index in [-0.39, 0.29) is 5.12 Å². The predicted molar refractivity (Wildman–Crippen MR) is 90.7 cm³/mol. The lowest BCUT2D eigenvalue weighted by Crippen LogP contribution is -2.50. The summed E-state index contributed by atoms with van der Waals surface area (Å²) >= 11 is 5.82. The number of nitrogens with zero attached hydrogens (tertiary/aromatic N) is 2. The van der Waals surface area contributed by atoms with Crippen molar-refractivity contribution in [2.24, 2.45) is 0 Å². The second-order valence-corrected chi connectivity index (χ2v) is 7.51. The topological polar surface area (TPSA) is 70.1 Å². The Morgan fingerprint density at radius 2 is 2.08 bits per heavy atom. The van der Waals surface area contributed by atoms with E-state index in [1.54, 1.807) is 39.0 Å². The maximum atomic E-state index is 14.4. The minimum Gasteiger partial charge on any atom is -0.444 e. The van der Waals surface area contributed by atoms with Crippen LogP contribution in [0.15, 0.2) is 24.3 Å². The summed E-state index contributed by atoms with van der Waals surface area (Å²) in [5.41, 5.74) is -0.485. The molecule has 0 unspecified atom stereocenters. The molecule has 3 atom stereocenters. The van der Waals surface area contributed by atoms with Crippen molar-refractivity contribution in [1.82, 2.24) is 10.0 Å². The monoisotopic (exact) mass is 390 g/mol. The number of carbonyl (C=O) groups is 2. The number of aliphatic hydroxyl groups is 1. The first kappa shape index (κ1) is 20.4. The number of hydrogen-bond acceptors (Lipinski definition) is 4. The molecule has 1 aliphatic rings. The van der Waals surface area contributed by atoms with Crippen molar-refractivity contribution in [2.75, 3.05) is 6.54 Å². The second-order valence-electron chi connectivity index (χ2n) is 7.07. The Morgan fingerprint density at radius 1 is 1.42 bits per heavy atom. The lowest BCUT2D eigenvalue weighted by Gasteiger charge is -2.29. The number of ether oxygens (including phenoxy) is 1. The third-order valence-electron chi connectivity index (χ3n) is 3.73. The van der Waals surface area contributed by atoms with Gasteiger partial charge in [-0.2, -0.15) is 5.12 Å². The highest BCUT2D eigenvalue weighted by atomic mass is 35.5. The van der Waals surface area contributed by atoms with E-state index in [4.69, 9.17) is 16.3 Å². The fourth-order valence-electron chi connectivity index (χ4n) is 2.60. The van der Waals surface area contributed by atoms with Crippen molar-refractivity contribution in [2.45, 2.75) is 51.2 Å². The van der Waals surface area contributed by atoms with Gasteiger partial charge in [0.25, 0.3) is 5.91 Å². The van der Waals surface area contributed by atoms with Crippen LogP contribution in [-0.4, -0.2) is 57.6 Å². The van der Waals surface area contributed by atoms with E-state index in [0.29, 0.717) is 15.5 Å².